The predicted molar refractivity (Wildman–Crippen MR) is 97.2 cm³/mol. The minimum absolute atomic E-state index is 0.0516. The maximum absolute atomic E-state index is 11.1. The summed E-state index contributed by atoms with van der Waals surface area (Å²) in [6.07, 6.45) is 4.04. The van der Waals surface area contributed by atoms with Crippen LogP contribution in [-0.4, -0.2) is 47.1 Å². The number of carboxylic acid groups (broad SMARTS) is 1. The smallest absolute Gasteiger partial charge is 0.303 e. The SMILES string of the molecule is NC(CCC(=O)O)(c1ccccc1)N1CCN(c2ccncc2)CC1. The molecule has 1 saturated heterocycles. The zero-order valence-electron chi connectivity index (χ0n) is 14.2. The molecule has 1 aliphatic rings. The predicted octanol–water partition coefficient (Wildman–Crippen LogP) is 1.88. The van der Waals surface area contributed by atoms with Gasteiger partial charge in [-0.25, -0.2) is 0 Å². The van der Waals surface area contributed by atoms with Gasteiger partial charge >= 0.3 is 5.97 Å². The minimum Gasteiger partial charge on any atom is -0.481 e. The fourth-order valence-corrected chi connectivity index (χ4v) is 3.43. The number of carboxylic acids is 1. The third-order valence-electron chi connectivity index (χ3n) is 4.87. The number of rotatable bonds is 6. The number of piperazine rings is 1. The van der Waals surface area contributed by atoms with E-state index < -0.39 is 11.6 Å². The highest BCUT2D eigenvalue weighted by molar-refractivity contribution is 5.66. The fourth-order valence-electron chi connectivity index (χ4n) is 3.43. The average Bonchev–Trinajstić information content (AvgIpc) is 2.67. The third-order valence-corrected chi connectivity index (χ3v) is 4.87. The van der Waals surface area contributed by atoms with Crippen LogP contribution in [0.4, 0.5) is 5.69 Å². The van der Waals surface area contributed by atoms with E-state index in [1.165, 1.54) is 0 Å². The van der Waals surface area contributed by atoms with Gasteiger partial charge in [-0.2, -0.15) is 0 Å². The molecule has 2 heterocycles. The second-order valence-corrected chi connectivity index (χ2v) is 6.36. The Labute approximate surface area is 147 Å². The molecule has 1 atom stereocenters. The molecule has 0 bridgehead atoms. The maximum atomic E-state index is 11.1. The number of aromatic nitrogens is 1. The molecule has 1 aromatic heterocycles. The first kappa shape index (κ1) is 17.4. The summed E-state index contributed by atoms with van der Waals surface area (Å²) in [4.78, 5) is 19.7. The van der Waals surface area contributed by atoms with Gasteiger partial charge in [0, 0.05) is 50.7 Å². The van der Waals surface area contributed by atoms with Crippen LogP contribution in [0.3, 0.4) is 0 Å². The highest BCUT2D eigenvalue weighted by atomic mass is 16.4. The second-order valence-electron chi connectivity index (χ2n) is 6.36. The zero-order valence-corrected chi connectivity index (χ0v) is 14.2. The molecule has 2 aromatic rings. The standard InChI is InChI=1S/C19H24N4O2/c20-19(9-6-18(24)25,16-4-2-1-3-5-16)23-14-12-22(13-15-23)17-7-10-21-11-8-17/h1-5,7-8,10-11H,6,9,12-15,20H2,(H,24,25). The molecule has 0 amide bonds. The molecular formula is C19H24N4O2. The first-order chi connectivity index (χ1) is 12.1. The van der Waals surface area contributed by atoms with Gasteiger partial charge in [-0.15, -0.1) is 0 Å². The van der Waals surface area contributed by atoms with Gasteiger partial charge in [-0.1, -0.05) is 30.3 Å². The monoisotopic (exact) mass is 340 g/mol. The number of anilines is 1. The number of nitrogens with zero attached hydrogens (tertiary/aromatic N) is 3. The Balaban J connectivity index is 1.75. The Bertz CT molecular complexity index is 687. The summed E-state index contributed by atoms with van der Waals surface area (Å²) in [6, 6.07) is 13.8. The molecule has 25 heavy (non-hydrogen) atoms. The summed E-state index contributed by atoms with van der Waals surface area (Å²) in [7, 11) is 0. The summed E-state index contributed by atoms with van der Waals surface area (Å²) < 4.78 is 0. The molecule has 1 aliphatic heterocycles. The Morgan fingerprint density at radius 3 is 2.32 bits per heavy atom. The van der Waals surface area contributed by atoms with Crippen molar-refractivity contribution in [3.05, 3.63) is 60.4 Å². The van der Waals surface area contributed by atoms with Gasteiger partial charge in [0.2, 0.25) is 0 Å². The van der Waals surface area contributed by atoms with Gasteiger partial charge in [-0.3, -0.25) is 14.7 Å². The van der Waals surface area contributed by atoms with Crippen molar-refractivity contribution < 1.29 is 9.90 Å². The molecule has 0 aliphatic carbocycles. The second kappa shape index (κ2) is 7.63. The van der Waals surface area contributed by atoms with Crippen LogP contribution in [0.15, 0.2) is 54.9 Å². The van der Waals surface area contributed by atoms with Crippen LogP contribution in [-0.2, 0) is 10.5 Å². The molecule has 0 spiro atoms. The molecule has 132 valence electrons. The van der Waals surface area contributed by atoms with Crippen LogP contribution < -0.4 is 10.6 Å². The molecule has 3 N–H and O–H groups in total. The lowest BCUT2D eigenvalue weighted by molar-refractivity contribution is -0.138. The van der Waals surface area contributed by atoms with E-state index in [1.807, 2.05) is 42.5 Å². The van der Waals surface area contributed by atoms with Gasteiger partial charge < -0.3 is 15.7 Å². The van der Waals surface area contributed by atoms with Crippen molar-refractivity contribution >= 4 is 11.7 Å². The van der Waals surface area contributed by atoms with E-state index in [0.29, 0.717) is 6.42 Å². The van der Waals surface area contributed by atoms with Crippen molar-refractivity contribution in [2.45, 2.75) is 18.5 Å². The Hall–Kier alpha value is -2.44. The number of nitrogens with two attached hydrogens (primary N) is 1. The van der Waals surface area contributed by atoms with Crippen LogP contribution >= 0.6 is 0 Å². The fraction of sp³-hybridized carbons (Fsp3) is 0.368. The maximum Gasteiger partial charge on any atom is 0.303 e. The summed E-state index contributed by atoms with van der Waals surface area (Å²) in [5, 5.41) is 9.12. The van der Waals surface area contributed by atoms with Crippen molar-refractivity contribution in [2.75, 3.05) is 31.1 Å². The Kier molecular flexibility index (Phi) is 5.31. The molecule has 1 unspecified atom stereocenters. The van der Waals surface area contributed by atoms with Crippen LogP contribution in [0.5, 0.6) is 0 Å². The summed E-state index contributed by atoms with van der Waals surface area (Å²) in [5.74, 6) is -0.818. The highest BCUT2D eigenvalue weighted by Crippen LogP contribution is 2.30. The average molecular weight is 340 g/mol. The molecule has 0 radical (unpaired) electrons. The quantitative estimate of drug-likeness (QED) is 0.835. The number of benzene rings is 1. The van der Waals surface area contributed by atoms with E-state index in [0.717, 1.165) is 37.4 Å². The van der Waals surface area contributed by atoms with Crippen LogP contribution in [0, 0.1) is 0 Å². The molecule has 1 fully saturated rings. The zero-order chi connectivity index (χ0) is 17.7. The van der Waals surface area contributed by atoms with Gasteiger partial charge in [0.05, 0.1) is 5.66 Å². The number of hydrogen-bond acceptors (Lipinski definition) is 5. The van der Waals surface area contributed by atoms with E-state index in [2.05, 4.69) is 14.8 Å². The largest absolute Gasteiger partial charge is 0.481 e. The summed E-state index contributed by atoms with van der Waals surface area (Å²) in [5.41, 5.74) is 8.12. The van der Waals surface area contributed by atoms with Crippen molar-refractivity contribution in [1.82, 2.24) is 9.88 Å². The Morgan fingerprint density at radius 2 is 1.72 bits per heavy atom. The van der Waals surface area contributed by atoms with Crippen LogP contribution in [0.2, 0.25) is 0 Å². The molecule has 0 saturated carbocycles. The topological polar surface area (TPSA) is 82.7 Å². The van der Waals surface area contributed by atoms with Crippen molar-refractivity contribution in [2.24, 2.45) is 5.73 Å². The van der Waals surface area contributed by atoms with Crippen molar-refractivity contribution in [3.63, 3.8) is 0 Å². The number of carbonyl (C=O) groups is 1. The molecular weight excluding hydrogens is 316 g/mol. The lowest BCUT2D eigenvalue weighted by Gasteiger charge is -2.46. The molecule has 6 heteroatoms. The molecule has 1 aromatic carbocycles. The van der Waals surface area contributed by atoms with Gasteiger partial charge in [-0.05, 0) is 24.1 Å². The first-order valence-corrected chi connectivity index (χ1v) is 8.56. The normalized spacial score (nSPS) is 17.9. The lowest BCUT2D eigenvalue weighted by Crippen LogP contribution is -2.60. The number of aliphatic carboxylic acids is 1. The highest BCUT2D eigenvalue weighted by Gasteiger charge is 2.36. The van der Waals surface area contributed by atoms with Gasteiger partial charge in [0.1, 0.15) is 0 Å². The first-order valence-electron chi connectivity index (χ1n) is 8.56. The van der Waals surface area contributed by atoms with Crippen LogP contribution in [0.1, 0.15) is 18.4 Å². The van der Waals surface area contributed by atoms with E-state index in [4.69, 9.17) is 10.8 Å². The lowest BCUT2D eigenvalue weighted by atomic mass is 9.92. The van der Waals surface area contributed by atoms with E-state index in [-0.39, 0.29) is 6.42 Å². The Morgan fingerprint density at radius 1 is 1.08 bits per heavy atom. The van der Waals surface area contributed by atoms with E-state index in [9.17, 15) is 4.79 Å². The third kappa shape index (κ3) is 3.97. The van der Waals surface area contributed by atoms with E-state index >= 15 is 0 Å². The van der Waals surface area contributed by atoms with Crippen molar-refractivity contribution in [3.8, 4) is 0 Å². The summed E-state index contributed by atoms with van der Waals surface area (Å²) >= 11 is 0. The van der Waals surface area contributed by atoms with Crippen LogP contribution in [0.25, 0.3) is 0 Å². The molecule has 6 nitrogen and oxygen atoms in total. The molecule has 3 rings (SSSR count). The number of hydrogen-bond donors (Lipinski definition) is 2. The van der Waals surface area contributed by atoms with Gasteiger partial charge in [0.25, 0.3) is 0 Å². The van der Waals surface area contributed by atoms with Crippen molar-refractivity contribution in [1.29, 1.82) is 0 Å². The summed E-state index contributed by atoms with van der Waals surface area (Å²) in [6.45, 7) is 3.27. The van der Waals surface area contributed by atoms with E-state index in [1.54, 1.807) is 12.4 Å². The van der Waals surface area contributed by atoms with Gasteiger partial charge in [0.15, 0.2) is 0 Å². The minimum atomic E-state index is -0.818. The number of pyridine rings is 1.